The molecular formula is C21H17ClN4O2S. The van der Waals surface area contributed by atoms with Crippen molar-refractivity contribution in [1.29, 1.82) is 0 Å². The van der Waals surface area contributed by atoms with Crippen molar-refractivity contribution in [2.75, 3.05) is 17.3 Å². The van der Waals surface area contributed by atoms with Crippen molar-refractivity contribution in [3.63, 3.8) is 0 Å². The fourth-order valence-electron chi connectivity index (χ4n) is 3.64. The molecular weight excluding hydrogens is 408 g/mol. The Labute approximate surface area is 176 Å². The van der Waals surface area contributed by atoms with Crippen molar-refractivity contribution < 1.29 is 9.21 Å². The second-order valence-corrected chi connectivity index (χ2v) is 8.81. The first-order valence-corrected chi connectivity index (χ1v) is 10.3. The summed E-state index contributed by atoms with van der Waals surface area (Å²) in [5, 5.41) is 6.36. The fourth-order valence-corrected chi connectivity index (χ4v) is 4.52. The maximum Gasteiger partial charge on any atom is 0.302 e. The summed E-state index contributed by atoms with van der Waals surface area (Å²) >= 11 is 7.46. The predicted octanol–water partition coefficient (Wildman–Crippen LogP) is 5.60. The number of amides is 1. The summed E-state index contributed by atoms with van der Waals surface area (Å²) in [5.41, 5.74) is 4.56. The van der Waals surface area contributed by atoms with Gasteiger partial charge in [0, 0.05) is 28.7 Å². The maximum atomic E-state index is 12.5. The van der Waals surface area contributed by atoms with Crippen molar-refractivity contribution in [2.45, 2.75) is 19.3 Å². The molecule has 29 heavy (non-hydrogen) atoms. The number of carbonyl (C=O) groups excluding carboxylic acids is 1. The number of fused-ring (bicyclic) bond motifs is 2. The molecule has 4 aromatic rings. The van der Waals surface area contributed by atoms with Gasteiger partial charge in [0.25, 0.3) is 0 Å². The molecule has 3 heterocycles. The van der Waals surface area contributed by atoms with Gasteiger partial charge < -0.3 is 9.32 Å². The van der Waals surface area contributed by atoms with E-state index < -0.39 is 5.41 Å². The first-order chi connectivity index (χ1) is 13.8. The number of anilines is 3. The van der Waals surface area contributed by atoms with Gasteiger partial charge in [-0.1, -0.05) is 17.7 Å². The lowest BCUT2D eigenvalue weighted by Gasteiger charge is -2.16. The molecule has 146 valence electrons. The first kappa shape index (κ1) is 18.1. The Bertz CT molecular complexity index is 1280. The van der Waals surface area contributed by atoms with E-state index in [1.807, 2.05) is 38.4 Å². The van der Waals surface area contributed by atoms with Crippen LogP contribution in [0.5, 0.6) is 0 Å². The smallest absolute Gasteiger partial charge is 0.302 e. The average Bonchev–Trinajstić information content (AvgIpc) is 3.36. The highest BCUT2D eigenvalue weighted by Gasteiger charge is 2.42. The lowest BCUT2D eigenvalue weighted by atomic mass is 9.85. The molecule has 6 nitrogen and oxygen atoms in total. The molecule has 1 N–H and O–H groups in total. The van der Waals surface area contributed by atoms with Crippen LogP contribution in [0.3, 0.4) is 0 Å². The van der Waals surface area contributed by atoms with Crippen LogP contribution in [-0.2, 0) is 10.2 Å². The van der Waals surface area contributed by atoms with Gasteiger partial charge in [-0.3, -0.25) is 10.1 Å². The summed E-state index contributed by atoms with van der Waals surface area (Å²) in [5.74, 6) is 0.0985. The zero-order valence-electron chi connectivity index (χ0n) is 16.0. The normalized spacial score (nSPS) is 15.2. The molecule has 0 fully saturated rings. The van der Waals surface area contributed by atoms with Crippen LogP contribution in [0.15, 0.2) is 46.2 Å². The molecule has 1 amide bonds. The van der Waals surface area contributed by atoms with E-state index in [4.69, 9.17) is 16.0 Å². The molecule has 0 radical (unpaired) electrons. The van der Waals surface area contributed by atoms with Crippen LogP contribution in [0.25, 0.3) is 22.4 Å². The highest BCUT2D eigenvalue weighted by Crippen LogP contribution is 2.42. The minimum absolute atomic E-state index is 0.0985. The van der Waals surface area contributed by atoms with Gasteiger partial charge in [-0.15, -0.1) is 11.3 Å². The Morgan fingerprint density at radius 2 is 2.00 bits per heavy atom. The summed E-state index contributed by atoms with van der Waals surface area (Å²) in [4.78, 5) is 23.3. The molecule has 2 aromatic heterocycles. The Kier molecular flexibility index (Phi) is 3.94. The molecule has 0 bridgehead atoms. The summed E-state index contributed by atoms with van der Waals surface area (Å²) in [7, 11) is 1.81. The Morgan fingerprint density at radius 3 is 2.83 bits per heavy atom. The number of hydrogen-bond donors (Lipinski definition) is 1. The standard InChI is InChI=1S/C21H17ClN4O2S/c1-21(2)13-8-11(4-6-16(13)26(3)18(21)27)15-10-29-20(24-15)25-19-23-14-9-12(22)5-7-17(14)28-19/h4-10H,1-3H3,(H,23,24,25). The highest BCUT2D eigenvalue weighted by molar-refractivity contribution is 7.14. The number of likely N-dealkylation sites (N-methyl/N-ethyl adjacent to an activating group) is 1. The van der Waals surface area contributed by atoms with Crippen molar-refractivity contribution in [2.24, 2.45) is 0 Å². The number of hydrogen-bond acceptors (Lipinski definition) is 6. The highest BCUT2D eigenvalue weighted by atomic mass is 35.5. The summed E-state index contributed by atoms with van der Waals surface area (Å²) in [6.45, 7) is 3.91. The monoisotopic (exact) mass is 424 g/mol. The molecule has 1 aliphatic rings. The largest absolute Gasteiger partial charge is 0.423 e. The Balaban J connectivity index is 1.44. The summed E-state index contributed by atoms with van der Waals surface area (Å²) in [6, 6.07) is 11.7. The number of rotatable bonds is 3. The van der Waals surface area contributed by atoms with E-state index in [1.54, 1.807) is 23.1 Å². The topological polar surface area (TPSA) is 71.3 Å². The Morgan fingerprint density at radius 1 is 1.17 bits per heavy atom. The van der Waals surface area contributed by atoms with Gasteiger partial charge in [0.2, 0.25) is 5.91 Å². The van der Waals surface area contributed by atoms with Crippen LogP contribution in [0.4, 0.5) is 16.8 Å². The molecule has 5 rings (SSSR count). The molecule has 0 atom stereocenters. The molecule has 1 aliphatic heterocycles. The molecule has 2 aromatic carbocycles. The zero-order chi connectivity index (χ0) is 20.3. The number of oxazole rings is 1. The summed E-state index contributed by atoms with van der Waals surface area (Å²) < 4.78 is 5.70. The van der Waals surface area contributed by atoms with Gasteiger partial charge in [0.15, 0.2) is 10.7 Å². The van der Waals surface area contributed by atoms with Gasteiger partial charge in [-0.25, -0.2) is 4.98 Å². The zero-order valence-corrected chi connectivity index (χ0v) is 17.6. The quantitative estimate of drug-likeness (QED) is 0.463. The lowest BCUT2D eigenvalue weighted by Crippen LogP contribution is -2.33. The second-order valence-electron chi connectivity index (χ2n) is 7.52. The van der Waals surface area contributed by atoms with Crippen molar-refractivity contribution in [3.05, 3.63) is 52.4 Å². The minimum Gasteiger partial charge on any atom is -0.423 e. The maximum absolute atomic E-state index is 12.5. The van der Waals surface area contributed by atoms with Gasteiger partial charge >= 0.3 is 6.01 Å². The average molecular weight is 425 g/mol. The molecule has 0 spiro atoms. The van der Waals surface area contributed by atoms with E-state index in [1.165, 1.54) is 11.3 Å². The van der Waals surface area contributed by atoms with Gasteiger partial charge in [0.05, 0.1) is 11.1 Å². The number of nitrogens with zero attached hydrogens (tertiary/aromatic N) is 3. The number of carbonyl (C=O) groups is 1. The minimum atomic E-state index is -0.545. The van der Waals surface area contributed by atoms with Crippen LogP contribution in [-0.4, -0.2) is 22.9 Å². The van der Waals surface area contributed by atoms with Crippen LogP contribution in [0.2, 0.25) is 5.02 Å². The number of halogens is 1. The van der Waals surface area contributed by atoms with Crippen LogP contribution < -0.4 is 10.2 Å². The van der Waals surface area contributed by atoms with E-state index in [0.717, 1.165) is 22.5 Å². The molecule has 0 saturated heterocycles. The molecule has 0 unspecified atom stereocenters. The van der Waals surface area contributed by atoms with E-state index in [-0.39, 0.29) is 5.91 Å². The van der Waals surface area contributed by atoms with Gasteiger partial charge in [-0.05, 0) is 49.7 Å². The number of thiazole rings is 1. The molecule has 0 saturated carbocycles. The number of benzene rings is 2. The summed E-state index contributed by atoms with van der Waals surface area (Å²) in [6.07, 6.45) is 0. The van der Waals surface area contributed by atoms with Crippen molar-refractivity contribution >= 4 is 56.8 Å². The number of aromatic nitrogens is 2. The van der Waals surface area contributed by atoms with Gasteiger partial charge in [0.1, 0.15) is 5.52 Å². The molecule has 0 aliphatic carbocycles. The van der Waals surface area contributed by atoms with E-state index in [2.05, 4.69) is 21.4 Å². The van der Waals surface area contributed by atoms with E-state index in [0.29, 0.717) is 27.3 Å². The fraction of sp³-hybridized carbons (Fsp3) is 0.190. The Hall–Kier alpha value is -2.90. The SMILES string of the molecule is CN1C(=O)C(C)(C)c2cc(-c3csc(Nc4nc5cc(Cl)ccc5o4)n3)ccc21. The third-order valence-corrected chi connectivity index (χ3v) is 6.23. The predicted molar refractivity (Wildman–Crippen MR) is 116 cm³/mol. The van der Waals surface area contributed by atoms with E-state index >= 15 is 0 Å². The first-order valence-electron chi connectivity index (χ1n) is 9.04. The van der Waals surface area contributed by atoms with Crippen LogP contribution in [0, 0.1) is 0 Å². The third-order valence-electron chi connectivity index (χ3n) is 5.23. The molecule has 8 heteroatoms. The van der Waals surface area contributed by atoms with Crippen LogP contribution in [0.1, 0.15) is 19.4 Å². The van der Waals surface area contributed by atoms with Gasteiger partial charge in [-0.2, -0.15) is 4.98 Å². The van der Waals surface area contributed by atoms with E-state index in [9.17, 15) is 4.79 Å². The lowest BCUT2D eigenvalue weighted by molar-refractivity contribution is -0.121. The second kappa shape index (κ2) is 6.30. The third kappa shape index (κ3) is 2.89. The number of nitrogens with one attached hydrogen (secondary N) is 1. The van der Waals surface area contributed by atoms with Crippen molar-refractivity contribution in [1.82, 2.24) is 9.97 Å². The van der Waals surface area contributed by atoms with Crippen LogP contribution >= 0.6 is 22.9 Å². The van der Waals surface area contributed by atoms with Crippen molar-refractivity contribution in [3.8, 4) is 11.3 Å².